The molecule has 200 valence electrons. The Bertz CT molecular complexity index is 1140. The fraction of sp³-hybridized carbons (Fsp3) is 0.538. The van der Waals surface area contributed by atoms with Gasteiger partial charge in [-0.15, -0.1) is 0 Å². The van der Waals surface area contributed by atoms with E-state index in [1.165, 1.54) is 11.3 Å². The largest absolute Gasteiger partial charge is 0.375 e. The van der Waals surface area contributed by atoms with Crippen molar-refractivity contribution in [1.29, 1.82) is 0 Å². The van der Waals surface area contributed by atoms with Crippen LogP contribution in [-0.4, -0.2) is 59.3 Å². The number of nitrogen functional groups attached to an aromatic ring is 1. The van der Waals surface area contributed by atoms with Gasteiger partial charge in [0.25, 0.3) is 0 Å². The van der Waals surface area contributed by atoms with Crippen LogP contribution in [0.15, 0.2) is 24.3 Å². The minimum absolute atomic E-state index is 0.0642. The van der Waals surface area contributed by atoms with E-state index >= 15 is 0 Å². The smallest absolute Gasteiger partial charge is 0.247 e. The molecule has 0 spiro atoms. The molecule has 3 atom stereocenters. The van der Waals surface area contributed by atoms with Crippen molar-refractivity contribution in [3.8, 4) is 11.3 Å². The fourth-order valence-corrected chi connectivity index (χ4v) is 6.14. The van der Waals surface area contributed by atoms with Crippen LogP contribution >= 0.6 is 22.9 Å². The molecule has 1 aromatic carbocycles. The van der Waals surface area contributed by atoms with Crippen LogP contribution in [0.25, 0.3) is 11.3 Å². The number of aromatic nitrogens is 1. The quantitative estimate of drug-likeness (QED) is 0.400. The number of carbonyl (C=O) groups excluding carboxylic acids is 3. The molecule has 0 bridgehead atoms. The average molecular weight is 547 g/mol. The molecule has 2 aliphatic rings. The first-order chi connectivity index (χ1) is 17.8. The minimum Gasteiger partial charge on any atom is -0.375 e. The molecule has 2 aromatic rings. The van der Waals surface area contributed by atoms with E-state index in [0.717, 1.165) is 37.7 Å². The van der Waals surface area contributed by atoms with Crippen LogP contribution < -0.4 is 21.7 Å². The molecule has 1 saturated carbocycles. The molecule has 1 unspecified atom stereocenters. The van der Waals surface area contributed by atoms with E-state index in [1.807, 2.05) is 12.1 Å². The van der Waals surface area contributed by atoms with Crippen LogP contribution in [0.4, 0.5) is 10.1 Å². The zero-order valence-electron chi connectivity index (χ0n) is 21.3. The van der Waals surface area contributed by atoms with Crippen molar-refractivity contribution < 1.29 is 14.4 Å². The van der Waals surface area contributed by atoms with Crippen molar-refractivity contribution in [3.63, 3.8) is 0 Å². The fourth-order valence-electron chi connectivity index (χ4n) is 5.19. The van der Waals surface area contributed by atoms with Crippen molar-refractivity contribution in [2.24, 2.45) is 5.92 Å². The van der Waals surface area contributed by atoms with Crippen molar-refractivity contribution in [2.45, 2.75) is 70.0 Å². The summed E-state index contributed by atoms with van der Waals surface area (Å²) in [5.41, 5.74) is 7.27. The van der Waals surface area contributed by atoms with Gasteiger partial charge in [-0.05, 0) is 57.7 Å². The number of likely N-dealkylation sites (tertiary alicyclic amines) is 1. The predicted molar refractivity (Wildman–Crippen MR) is 147 cm³/mol. The lowest BCUT2D eigenvalue weighted by Gasteiger charge is -2.35. The molecule has 2 fully saturated rings. The van der Waals surface area contributed by atoms with Crippen molar-refractivity contribution >= 4 is 50.8 Å². The number of amides is 3. The second-order valence-electron chi connectivity index (χ2n) is 9.81. The Morgan fingerprint density at radius 3 is 2.62 bits per heavy atom. The molecule has 1 aliphatic carbocycles. The number of benzene rings is 1. The van der Waals surface area contributed by atoms with Gasteiger partial charge in [-0.3, -0.25) is 14.4 Å². The van der Waals surface area contributed by atoms with Crippen molar-refractivity contribution in [3.05, 3.63) is 29.3 Å². The van der Waals surface area contributed by atoms with Gasteiger partial charge in [0.15, 0.2) is 5.13 Å². The van der Waals surface area contributed by atoms with E-state index in [2.05, 4.69) is 20.9 Å². The molecular weight excluding hydrogens is 512 g/mol. The van der Waals surface area contributed by atoms with E-state index in [1.54, 1.807) is 31.0 Å². The highest BCUT2D eigenvalue weighted by Crippen LogP contribution is 2.36. The van der Waals surface area contributed by atoms with Gasteiger partial charge >= 0.3 is 0 Å². The monoisotopic (exact) mass is 546 g/mol. The van der Waals surface area contributed by atoms with Gasteiger partial charge in [-0.2, -0.15) is 0 Å². The molecule has 1 aliphatic heterocycles. The lowest BCUT2D eigenvalue weighted by atomic mass is 9.83. The standard InChI is InChI=1S/C26H35ClN6O3S/c1-15(29-2)22(34)30-21(16-8-4-3-5-9-16)25(36)33-13-7-12-19(33)23(35)32-24-20(31-26(28)37-24)17-10-6-11-18(27)14-17/h6,10-11,14-16,19,21,29H,3-5,7-9,12-13H2,1-2H3,(H2,28,31)(H,30,34)(H,32,35)/t15-,19-,21?/m0/s1. The zero-order valence-corrected chi connectivity index (χ0v) is 22.8. The molecule has 2 heterocycles. The number of likely N-dealkylation sites (N-methyl/N-ethyl adjacent to an activating group) is 1. The number of nitrogens with zero attached hydrogens (tertiary/aromatic N) is 2. The molecular formula is C26H35ClN6O3S. The highest BCUT2D eigenvalue weighted by atomic mass is 35.5. The van der Waals surface area contributed by atoms with Gasteiger partial charge in [-0.25, -0.2) is 4.98 Å². The number of hydrogen-bond acceptors (Lipinski definition) is 7. The number of nitrogens with two attached hydrogens (primary N) is 1. The van der Waals surface area contributed by atoms with Gasteiger partial charge in [0.1, 0.15) is 22.8 Å². The average Bonchev–Trinajstić information content (AvgIpc) is 3.53. The maximum absolute atomic E-state index is 13.9. The Labute approximate surface area is 226 Å². The second kappa shape index (κ2) is 12.2. The first-order valence-electron chi connectivity index (χ1n) is 12.9. The Morgan fingerprint density at radius 1 is 1.16 bits per heavy atom. The van der Waals surface area contributed by atoms with Gasteiger partial charge in [-0.1, -0.05) is 54.3 Å². The topological polar surface area (TPSA) is 129 Å². The molecule has 9 nitrogen and oxygen atoms in total. The first kappa shape index (κ1) is 27.3. The number of hydrogen-bond donors (Lipinski definition) is 4. The minimum atomic E-state index is -0.641. The Hall–Kier alpha value is -2.69. The molecule has 5 N–H and O–H groups in total. The number of thiazole rings is 1. The van der Waals surface area contributed by atoms with Gasteiger partial charge in [0, 0.05) is 17.1 Å². The summed E-state index contributed by atoms with van der Waals surface area (Å²) in [4.78, 5) is 46.1. The first-order valence-corrected chi connectivity index (χ1v) is 14.1. The van der Waals surface area contributed by atoms with Gasteiger partial charge in [0.05, 0.1) is 6.04 Å². The molecule has 4 rings (SSSR count). The van der Waals surface area contributed by atoms with Crippen LogP contribution in [0, 0.1) is 5.92 Å². The maximum atomic E-state index is 13.9. The van der Waals surface area contributed by atoms with Crippen LogP contribution in [0.3, 0.4) is 0 Å². The second-order valence-corrected chi connectivity index (χ2v) is 11.3. The molecule has 1 saturated heterocycles. The van der Waals surface area contributed by atoms with Crippen LogP contribution in [0.5, 0.6) is 0 Å². The lowest BCUT2D eigenvalue weighted by molar-refractivity contribution is -0.142. The third kappa shape index (κ3) is 6.42. The van der Waals surface area contributed by atoms with Crippen LogP contribution in [0.1, 0.15) is 51.9 Å². The zero-order chi connectivity index (χ0) is 26.5. The van der Waals surface area contributed by atoms with E-state index < -0.39 is 18.1 Å². The van der Waals surface area contributed by atoms with E-state index in [9.17, 15) is 14.4 Å². The summed E-state index contributed by atoms with van der Waals surface area (Å²) in [6.45, 7) is 2.24. The number of nitrogens with one attached hydrogen (secondary N) is 3. The summed E-state index contributed by atoms with van der Waals surface area (Å²) in [6, 6.07) is 5.50. The number of anilines is 2. The van der Waals surface area contributed by atoms with Crippen molar-refractivity contribution in [1.82, 2.24) is 20.5 Å². The molecule has 37 heavy (non-hydrogen) atoms. The summed E-state index contributed by atoms with van der Waals surface area (Å²) >= 11 is 7.33. The molecule has 3 amide bonds. The highest BCUT2D eigenvalue weighted by molar-refractivity contribution is 7.20. The third-order valence-electron chi connectivity index (χ3n) is 7.33. The highest BCUT2D eigenvalue weighted by Gasteiger charge is 2.41. The summed E-state index contributed by atoms with van der Waals surface area (Å²) in [5.74, 6) is -0.609. The van der Waals surface area contributed by atoms with E-state index in [0.29, 0.717) is 40.2 Å². The van der Waals surface area contributed by atoms with Gasteiger partial charge in [0.2, 0.25) is 17.7 Å². The number of rotatable bonds is 8. The molecule has 0 radical (unpaired) electrons. The SMILES string of the molecule is CN[C@@H](C)C(=O)NC(C(=O)N1CCC[C@H]1C(=O)Nc1sc(N)nc1-c1cccc(Cl)c1)C1CCCCC1. The summed E-state index contributed by atoms with van der Waals surface area (Å²) in [7, 11) is 1.71. The summed E-state index contributed by atoms with van der Waals surface area (Å²) in [5, 5.41) is 10.3. The Balaban J connectivity index is 1.53. The predicted octanol–water partition coefficient (Wildman–Crippen LogP) is 3.65. The molecule has 11 heteroatoms. The maximum Gasteiger partial charge on any atom is 0.247 e. The normalized spacial score (nSPS) is 19.9. The lowest BCUT2D eigenvalue weighted by Crippen LogP contribution is -2.57. The Morgan fingerprint density at radius 2 is 1.92 bits per heavy atom. The molecule has 1 aromatic heterocycles. The van der Waals surface area contributed by atoms with Gasteiger partial charge < -0.3 is 26.6 Å². The van der Waals surface area contributed by atoms with E-state index in [4.69, 9.17) is 17.3 Å². The Kier molecular flexibility index (Phi) is 9.04. The van der Waals surface area contributed by atoms with Crippen molar-refractivity contribution in [2.75, 3.05) is 24.6 Å². The van der Waals surface area contributed by atoms with E-state index in [-0.39, 0.29) is 23.6 Å². The number of halogens is 1. The third-order valence-corrected chi connectivity index (χ3v) is 8.36. The summed E-state index contributed by atoms with van der Waals surface area (Å²) in [6.07, 6.45) is 6.26. The number of carbonyl (C=O) groups is 3. The van der Waals surface area contributed by atoms with Crippen LogP contribution in [-0.2, 0) is 14.4 Å². The van der Waals surface area contributed by atoms with Crippen LogP contribution in [0.2, 0.25) is 5.02 Å². The summed E-state index contributed by atoms with van der Waals surface area (Å²) < 4.78 is 0.